The summed E-state index contributed by atoms with van der Waals surface area (Å²) in [7, 11) is 2.94. The summed E-state index contributed by atoms with van der Waals surface area (Å²) >= 11 is 0. The monoisotopic (exact) mass is 476 g/mol. The Morgan fingerprint density at radius 3 is 2.69 bits per heavy atom. The van der Waals surface area contributed by atoms with Gasteiger partial charge in [0.1, 0.15) is 12.0 Å². The van der Waals surface area contributed by atoms with Crippen molar-refractivity contribution < 1.29 is 24.2 Å². The number of methoxy groups -OCH3 is 1. The van der Waals surface area contributed by atoms with Crippen molar-refractivity contribution in [1.29, 1.82) is 0 Å². The van der Waals surface area contributed by atoms with Crippen LogP contribution in [0.5, 0.6) is 5.75 Å². The number of carbonyl (C=O) groups is 2. The summed E-state index contributed by atoms with van der Waals surface area (Å²) in [5.41, 5.74) is 2.90. The van der Waals surface area contributed by atoms with Crippen LogP contribution in [0.4, 0.5) is 0 Å². The van der Waals surface area contributed by atoms with E-state index in [1.807, 2.05) is 44.3 Å². The Morgan fingerprint density at radius 1 is 1.17 bits per heavy atom. The van der Waals surface area contributed by atoms with Gasteiger partial charge in [0.15, 0.2) is 0 Å². The first-order valence-electron chi connectivity index (χ1n) is 11.7. The molecule has 0 unspecified atom stereocenters. The van der Waals surface area contributed by atoms with Crippen molar-refractivity contribution in [2.75, 3.05) is 14.2 Å². The van der Waals surface area contributed by atoms with Crippen LogP contribution in [0.1, 0.15) is 54.6 Å². The van der Waals surface area contributed by atoms with Gasteiger partial charge in [0.05, 0.1) is 18.8 Å². The third-order valence-electron chi connectivity index (χ3n) is 5.56. The van der Waals surface area contributed by atoms with E-state index in [2.05, 4.69) is 21.6 Å². The summed E-state index contributed by atoms with van der Waals surface area (Å²) in [6.45, 7) is 3.78. The molecule has 1 amide bonds. The van der Waals surface area contributed by atoms with E-state index in [1.54, 1.807) is 25.2 Å². The first kappa shape index (κ1) is 25.9. The molecule has 0 aliphatic heterocycles. The number of fused-ring (bicyclic) bond motifs is 1. The molecule has 3 aromatic rings. The van der Waals surface area contributed by atoms with Crippen molar-refractivity contribution >= 4 is 22.8 Å². The minimum absolute atomic E-state index is 0.127. The van der Waals surface area contributed by atoms with Crippen LogP contribution in [0, 0.1) is 11.8 Å². The molecule has 7 nitrogen and oxygen atoms in total. The van der Waals surface area contributed by atoms with E-state index >= 15 is 0 Å². The zero-order valence-corrected chi connectivity index (χ0v) is 20.6. The Labute approximate surface area is 206 Å². The molecule has 0 radical (unpaired) electrons. The summed E-state index contributed by atoms with van der Waals surface area (Å²) in [6, 6.07) is 13.0. The number of hydrogen-bond acceptors (Lipinski definition) is 5. The molecule has 0 spiro atoms. The van der Waals surface area contributed by atoms with Crippen LogP contribution in [0.15, 0.2) is 48.7 Å². The molecular formula is C28H32N2O5. The SMILES string of the molecule is COC(=O)CCCC#Cc1ccc(OC(C)C)c(C(=O)N(C)[C@H](O)Cc2c[nH]c3ccccc23)c1. The molecule has 1 atom stereocenters. The highest BCUT2D eigenvalue weighted by molar-refractivity contribution is 5.97. The summed E-state index contributed by atoms with van der Waals surface area (Å²) in [4.78, 5) is 29.1. The van der Waals surface area contributed by atoms with Crippen molar-refractivity contribution in [2.24, 2.45) is 0 Å². The summed E-state index contributed by atoms with van der Waals surface area (Å²) in [6.07, 6.45) is 2.44. The van der Waals surface area contributed by atoms with Gasteiger partial charge in [-0.3, -0.25) is 9.59 Å². The molecule has 2 aromatic carbocycles. The lowest BCUT2D eigenvalue weighted by Gasteiger charge is -2.25. The lowest BCUT2D eigenvalue weighted by atomic mass is 10.1. The highest BCUT2D eigenvalue weighted by Gasteiger charge is 2.24. The molecule has 0 saturated heterocycles. The zero-order chi connectivity index (χ0) is 25.4. The van der Waals surface area contributed by atoms with Gasteiger partial charge in [0.25, 0.3) is 5.91 Å². The van der Waals surface area contributed by atoms with Crippen LogP contribution in [0.3, 0.4) is 0 Å². The standard InChI is InChI=1S/C28H32N2O5/c1-19(2)35-25-15-14-20(10-6-5-7-13-27(32)34-4)16-23(25)28(33)30(3)26(31)17-21-18-29-24-12-9-8-11-22(21)24/h8-9,11-12,14-16,18-19,26,29,31H,5,7,13,17H2,1-4H3/t26-/m1/s1. The van der Waals surface area contributed by atoms with E-state index in [0.717, 1.165) is 16.5 Å². The van der Waals surface area contributed by atoms with Gasteiger partial charge in [-0.1, -0.05) is 30.0 Å². The van der Waals surface area contributed by atoms with Crippen LogP contribution in [-0.4, -0.2) is 53.4 Å². The van der Waals surface area contributed by atoms with Crippen molar-refractivity contribution in [2.45, 2.75) is 51.9 Å². The lowest BCUT2D eigenvalue weighted by molar-refractivity contribution is -0.140. The molecule has 184 valence electrons. The molecule has 35 heavy (non-hydrogen) atoms. The number of H-pyrrole nitrogens is 1. The second-order valence-corrected chi connectivity index (χ2v) is 8.57. The minimum atomic E-state index is -1.03. The molecule has 0 bridgehead atoms. The number of aliphatic hydroxyl groups excluding tert-OH is 1. The van der Waals surface area contributed by atoms with Gasteiger partial charge in [-0.05, 0) is 50.1 Å². The van der Waals surface area contributed by atoms with Gasteiger partial charge in [-0.2, -0.15) is 0 Å². The third kappa shape index (κ3) is 6.87. The Morgan fingerprint density at radius 2 is 1.94 bits per heavy atom. The quantitative estimate of drug-likeness (QED) is 0.208. The summed E-state index contributed by atoms with van der Waals surface area (Å²) in [5, 5.41) is 11.9. The van der Waals surface area contributed by atoms with Crippen molar-refractivity contribution in [3.8, 4) is 17.6 Å². The molecule has 0 saturated carbocycles. The average Bonchev–Trinajstić information content (AvgIpc) is 3.25. The van der Waals surface area contributed by atoms with E-state index in [1.165, 1.54) is 12.0 Å². The summed E-state index contributed by atoms with van der Waals surface area (Å²) in [5.74, 6) is 5.89. The number of esters is 1. The predicted molar refractivity (Wildman–Crippen MR) is 135 cm³/mol. The molecule has 7 heteroatoms. The fourth-order valence-corrected chi connectivity index (χ4v) is 3.68. The number of ether oxygens (including phenoxy) is 2. The lowest BCUT2D eigenvalue weighted by Crippen LogP contribution is -2.38. The maximum atomic E-state index is 13.4. The maximum absolute atomic E-state index is 13.4. The van der Waals surface area contributed by atoms with Gasteiger partial charge in [-0.15, -0.1) is 0 Å². The molecule has 2 N–H and O–H groups in total. The number of likely N-dealkylation sites (N-methyl/N-ethyl adjacent to an activating group) is 1. The van der Waals surface area contributed by atoms with Gasteiger partial charge in [0.2, 0.25) is 0 Å². The van der Waals surface area contributed by atoms with E-state index in [0.29, 0.717) is 36.1 Å². The summed E-state index contributed by atoms with van der Waals surface area (Å²) < 4.78 is 10.5. The van der Waals surface area contributed by atoms with Crippen molar-refractivity contribution in [1.82, 2.24) is 9.88 Å². The van der Waals surface area contributed by atoms with E-state index in [4.69, 9.17) is 4.74 Å². The molecule has 0 aliphatic rings. The van der Waals surface area contributed by atoms with Crippen molar-refractivity contribution in [3.63, 3.8) is 0 Å². The predicted octanol–water partition coefficient (Wildman–Crippen LogP) is 4.28. The smallest absolute Gasteiger partial charge is 0.305 e. The van der Waals surface area contributed by atoms with Crippen LogP contribution >= 0.6 is 0 Å². The maximum Gasteiger partial charge on any atom is 0.305 e. The fourth-order valence-electron chi connectivity index (χ4n) is 3.68. The second kappa shape index (κ2) is 12.1. The Hall–Kier alpha value is -3.76. The number of para-hydroxylation sites is 1. The number of aliphatic hydroxyl groups is 1. The number of nitrogens with one attached hydrogen (secondary N) is 1. The highest BCUT2D eigenvalue weighted by atomic mass is 16.5. The number of benzene rings is 2. The van der Waals surface area contributed by atoms with Crippen LogP contribution in [0.2, 0.25) is 0 Å². The normalized spacial score (nSPS) is 11.6. The third-order valence-corrected chi connectivity index (χ3v) is 5.56. The van der Waals surface area contributed by atoms with E-state index in [-0.39, 0.29) is 24.4 Å². The molecule has 1 aromatic heterocycles. The fraction of sp³-hybridized carbons (Fsp3) is 0.357. The minimum Gasteiger partial charge on any atom is -0.490 e. The average molecular weight is 477 g/mol. The van der Waals surface area contributed by atoms with Gasteiger partial charge < -0.3 is 24.5 Å². The second-order valence-electron chi connectivity index (χ2n) is 8.57. The number of nitrogens with zero attached hydrogens (tertiary/aromatic N) is 1. The van der Waals surface area contributed by atoms with Crippen LogP contribution in [0.25, 0.3) is 10.9 Å². The van der Waals surface area contributed by atoms with Gasteiger partial charge in [-0.25, -0.2) is 0 Å². The van der Waals surface area contributed by atoms with Gasteiger partial charge in [0, 0.05) is 49.0 Å². The Balaban J connectivity index is 1.77. The Kier molecular flexibility index (Phi) is 8.93. The topological polar surface area (TPSA) is 91.9 Å². The van der Waals surface area contributed by atoms with E-state index in [9.17, 15) is 14.7 Å². The van der Waals surface area contributed by atoms with E-state index < -0.39 is 6.23 Å². The molecule has 0 aliphatic carbocycles. The van der Waals surface area contributed by atoms with Crippen molar-refractivity contribution in [3.05, 3.63) is 65.4 Å². The number of aromatic amines is 1. The number of unbranched alkanes of at least 4 members (excludes halogenated alkanes) is 1. The Bertz CT molecular complexity index is 1230. The molecule has 1 heterocycles. The highest BCUT2D eigenvalue weighted by Crippen LogP contribution is 2.25. The number of carbonyl (C=O) groups excluding carboxylic acids is 2. The molecular weight excluding hydrogens is 444 g/mol. The first-order chi connectivity index (χ1) is 16.8. The van der Waals surface area contributed by atoms with Crippen LogP contribution < -0.4 is 4.74 Å². The largest absolute Gasteiger partial charge is 0.490 e. The number of amides is 1. The number of aromatic nitrogens is 1. The number of rotatable bonds is 9. The van der Waals surface area contributed by atoms with Crippen LogP contribution in [-0.2, 0) is 16.0 Å². The number of hydrogen-bond donors (Lipinski definition) is 2. The molecule has 0 fully saturated rings. The zero-order valence-electron chi connectivity index (χ0n) is 20.6. The van der Waals surface area contributed by atoms with Gasteiger partial charge >= 0.3 is 5.97 Å². The molecule has 3 rings (SSSR count). The first-order valence-corrected chi connectivity index (χ1v) is 11.7.